The summed E-state index contributed by atoms with van der Waals surface area (Å²) in [6.45, 7) is 7.14. The Balaban J connectivity index is 1.58. The maximum Gasteiger partial charge on any atom is 0.234 e. The molecule has 0 bridgehead atoms. The highest BCUT2D eigenvalue weighted by Crippen LogP contribution is 2.21. The molecule has 1 amide bonds. The standard InChI is InChI=1S/C22H24N4O3S/c1-3-14-26-20(15-29-19-12-10-18(11-13-19)28-4-2)24-25-22(26)30-16-21(27)23-17-8-6-5-7-9-17/h3,5-13H,1,4,14-16H2,2H3,(H,23,27). The number of hydrogen-bond donors (Lipinski definition) is 1. The van der Waals surface area contributed by atoms with E-state index in [4.69, 9.17) is 9.47 Å². The molecule has 0 atom stereocenters. The number of nitrogens with one attached hydrogen (secondary N) is 1. The maximum atomic E-state index is 12.2. The zero-order chi connectivity index (χ0) is 21.2. The van der Waals surface area contributed by atoms with Gasteiger partial charge < -0.3 is 14.8 Å². The van der Waals surface area contributed by atoms with Gasteiger partial charge in [0.25, 0.3) is 0 Å². The van der Waals surface area contributed by atoms with E-state index in [1.54, 1.807) is 6.08 Å². The van der Waals surface area contributed by atoms with E-state index in [-0.39, 0.29) is 18.3 Å². The summed E-state index contributed by atoms with van der Waals surface area (Å²) >= 11 is 1.32. The molecule has 1 aromatic heterocycles. The summed E-state index contributed by atoms with van der Waals surface area (Å²) in [6, 6.07) is 16.8. The van der Waals surface area contributed by atoms with Gasteiger partial charge in [0.15, 0.2) is 11.0 Å². The number of ether oxygens (including phenoxy) is 2. The van der Waals surface area contributed by atoms with E-state index in [1.165, 1.54) is 11.8 Å². The van der Waals surface area contributed by atoms with Gasteiger partial charge >= 0.3 is 0 Å². The van der Waals surface area contributed by atoms with Crippen LogP contribution in [-0.2, 0) is 17.9 Å². The SMILES string of the molecule is C=CCn1c(COc2ccc(OCC)cc2)nnc1SCC(=O)Nc1ccccc1. The number of thioether (sulfide) groups is 1. The van der Waals surface area contributed by atoms with Gasteiger partial charge in [0.2, 0.25) is 5.91 Å². The lowest BCUT2D eigenvalue weighted by atomic mass is 10.3. The first-order valence-corrected chi connectivity index (χ1v) is 10.5. The van der Waals surface area contributed by atoms with Crippen molar-refractivity contribution in [2.75, 3.05) is 17.7 Å². The number of hydrogen-bond acceptors (Lipinski definition) is 6. The molecule has 3 aromatic rings. The predicted octanol–water partition coefficient (Wildman–Crippen LogP) is 4.17. The Morgan fingerprint density at radius 2 is 1.80 bits per heavy atom. The molecule has 2 aromatic carbocycles. The van der Waals surface area contributed by atoms with E-state index < -0.39 is 0 Å². The lowest BCUT2D eigenvalue weighted by molar-refractivity contribution is -0.113. The van der Waals surface area contributed by atoms with E-state index in [1.807, 2.05) is 66.1 Å². The van der Waals surface area contributed by atoms with Crippen LogP contribution in [-0.4, -0.2) is 33.0 Å². The summed E-state index contributed by atoms with van der Waals surface area (Å²) in [7, 11) is 0. The van der Waals surface area contributed by atoms with Gasteiger partial charge in [-0.1, -0.05) is 36.0 Å². The van der Waals surface area contributed by atoms with Crippen molar-refractivity contribution >= 4 is 23.4 Å². The number of allylic oxidation sites excluding steroid dienone is 1. The van der Waals surface area contributed by atoms with Crippen molar-refractivity contribution in [2.45, 2.75) is 25.2 Å². The molecule has 1 N–H and O–H groups in total. The van der Waals surface area contributed by atoms with E-state index in [0.717, 1.165) is 11.4 Å². The molecule has 30 heavy (non-hydrogen) atoms. The largest absolute Gasteiger partial charge is 0.494 e. The number of carbonyl (C=O) groups is 1. The zero-order valence-corrected chi connectivity index (χ0v) is 17.6. The second-order valence-corrected chi connectivity index (χ2v) is 7.14. The van der Waals surface area contributed by atoms with Crippen LogP contribution in [0.25, 0.3) is 0 Å². The van der Waals surface area contributed by atoms with Crippen molar-refractivity contribution < 1.29 is 14.3 Å². The van der Waals surface area contributed by atoms with E-state index >= 15 is 0 Å². The Bertz CT molecular complexity index is 958. The molecule has 0 saturated heterocycles. The van der Waals surface area contributed by atoms with Crippen LogP contribution in [0.4, 0.5) is 5.69 Å². The van der Waals surface area contributed by atoms with Gasteiger partial charge in [0.05, 0.1) is 12.4 Å². The van der Waals surface area contributed by atoms with Crippen molar-refractivity contribution in [2.24, 2.45) is 0 Å². The summed E-state index contributed by atoms with van der Waals surface area (Å²) in [4.78, 5) is 12.2. The molecule has 0 spiro atoms. The van der Waals surface area contributed by atoms with Gasteiger partial charge in [-0.05, 0) is 43.3 Å². The van der Waals surface area contributed by atoms with Crippen molar-refractivity contribution in [3.8, 4) is 11.5 Å². The highest BCUT2D eigenvalue weighted by atomic mass is 32.2. The van der Waals surface area contributed by atoms with Crippen LogP contribution < -0.4 is 14.8 Å². The molecule has 0 saturated carbocycles. The third-order valence-electron chi connectivity index (χ3n) is 4.00. The molecule has 0 fully saturated rings. The molecule has 0 aliphatic rings. The van der Waals surface area contributed by atoms with Crippen molar-refractivity contribution in [1.82, 2.24) is 14.8 Å². The Hall–Kier alpha value is -3.26. The predicted molar refractivity (Wildman–Crippen MR) is 118 cm³/mol. The fourth-order valence-corrected chi connectivity index (χ4v) is 3.41. The van der Waals surface area contributed by atoms with Crippen LogP contribution in [0.1, 0.15) is 12.7 Å². The molecule has 3 rings (SSSR count). The van der Waals surface area contributed by atoms with Gasteiger partial charge in [-0.2, -0.15) is 0 Å². The fraction of sp³-hybridized carbons (Fsp3) is 0.227. The van der Waals surface area contributed by atoms with Gasteiger partial charge in [-0.25, -0.2) is 0 Å². The fourth-order valence-electron chi connectivity index (χ4n) is 2.64. The third-order valence-corrected chi connectivity index (χ3v) is 4.96. The number of benzene rings is 2. The van der Waals surface area contributed by atoms with E-state index in [2.05, 4.69) is 22.1 Å². The van der Waals surface area contributed by atoms with Crippen LogP contribution in [0, 0.1) is 0 Å². The van der Waals surface area contributed by atoms with Crippen LogP contribution in [0.3, 0.4) is 0 Å². The van der Waals surface area contributed by atoms with Crippen LogP contribution >= 0.6 is 11.8 Å². The summed E-state index contributed by atoms with van der Waals surface area (Å²) in [5.41, 5.74) is 0.764. The smallest absolute Gasteiger partial charge is 0.234 e. The second kappa shape index (κ2) is 11.1. The Morgan fingerprint density at radius 3 is 2.47 bits per heavy atom. The molecule has 0 unspecified atom stereocenters. The van der Waals surface area contributed by atoms with Crippen molar-refractivity contribution in [1.29, 1.82) is 0 Å². The Morgan fingerprint density at radius 1 is 1.10 bits per heavy atom. The van der Waals surface area contributed by atoms with E-state index in [0.29, 0.717) is 29.9 Å². The summed E-state index contributed by atoms with van der Waals surface area (Å²) in [5.74, 6) is 2.29. The Labute approximate surface area is 180 Å². The first-order valence-electron chi connectivity index (χ1n) is 9.56. The molecule has 8 heteroatoms. The summed E-state index contributed by atoms with van der Waals surface area (Å²) in [5, 5.41) is 11.9. The topological polar surface area (TPSA) is 78.3 Å². The molecule has 0 aliphatic heterocycles. The minimum absolute atomic E-state index is 0.105. The lowest BCUT2D eigenvalue weighted by Crippen LogP contribution is -2.14. The highest BCUT2D eigenvalue weighted by molar-refractivity contribution is 7.99. The van der Waals surface area contributed by atoms with Crippen LogP contribution in [0.5, 0.6) is 11.5 Å². The van der Waals surface area contributed by atoms with Crippen molar-refractivity contribution in [3.63, 3.8) is 0 Å². The molecule has 0 radical (unpaired) electrons. The first-order chi connectivity index (χ1) is 14.7. The number of rotatable bonds is 11. The molecular weight excluding hydrogens is 400 g/mol. The van der Waals surface area contributed by atoms with Gasteiger partial charge in [0.1, 0.15) is 18.1 Å². The average molecular weight is 425 g/mol. The monoisotopic (exact) mass is 424 g/mol. The van der Waals surface area contributed by atoms with Crippen LogP contribution in [0.15, 0.2) is 72.4 Å². The second-order valence-electron chi connectivity index (χ2n) is 6.19. The zero-order valence-electron chi connectivity index (χ0n) is 16.8. The molecule has 156 valence electrons. The highest BCUT2D eigenvalue weighted by Gasteiger charge is 2.14. The van der Waals surface area contributed by atoms with Gasteiger partial charge in [-0.15, -0.1) is 16.8 Å². The van der Waals surface area contributed by atoms with Crippen molar-refractivity contribution in [3.05, 3.63) is 73.1 Å². The average Bonchev–Trinajstić information content (AvgIpc) is 3.14. The minimum Gasteiger partial charge on any atom is -0.494 e. The van der Waals surface area contributed by atoms with Gasteiger partial charge in [0, 0.05) is 12.2 Å². The molecule has 1 heterocycles. The Kier molecular flexibility index (Phi) is 7.91. The normalized spacial score (nSPS) is 10.4. The maximum absolute atomic E-state index is 12.2. The number of para-hydroxylation sites is 1. The lowest BCUT2D eigenvalue weighted by Gasteiger charge is -2.10. The number of carbonyl (C=O) groups excluding carboxylic acids is 1. The first kappa shape index (κ1) is 21.4. The number of anilines is 1. The number of amides is 1. The molecule has 7 nitrogen and oxygen atoms in total. The minimum atomic E-state index is -0.105. The summed E-state index contributed by atoms with van der Waals surface area (Å²) < 4.78 is 13.2. The van der Waals surface area contributed by atoms with E-state index in [9.17, 15) is 4.79 Å². The summed E-state index contributed by atoms with van der Waals surface area (Å²) in [6.07, 6.45) is 1.76. The molecular formula is C22H24N4O3S. The quantitative estimate of drug-likeness (QED) is 0.368. The number of aromatic nitrogens is 3. The van der Waals surface area contributed by atoms with Gasteiger partial charge in [-0.3, -0.25) is 9.36 Å². The third kappa shape index (κ3) is 6.12. The molecule has 0 aliphatic carbocycles. The van der Waals surface area contributed by atoms with Crippen LogP contribution in [0.2, 0.25) is 0 Å². The number of nitrogens with zero attached hydrogens (tertiary/aromatic N) is 3.